The van der Waals surface area contributed by atoms with E-state index in [1.54, 1.807) is 0 Å². The van der Waals surface area contributed by atoms with E-state index in [9.17, 15) is 0 Å². The summed E-state index contributed by atoms with van der Waals surface area (Å²) >= 11 is 0. The Morgan fingerprint density at radius 2 is 1.82 bits per heavy atom. The summed E-state index contributed by atoms with van der Waals surface area (Å²) in [5, 5.41) is 0. The summed E-state index contributed by atoms with van der Waals surface area (Å²) in [7, 11) is 1.82. The Hall–Kier alpha value is -1.37. The molecule has 0 amide bonds. The Labute approximate surface area is 105 Å². The van der Waals surface area contributed by atoms with Crippen LogP contribution in [0.1, 0.15) is 51.2 Å². The van der Waals surface area contributed by atoms with E-state index < -0.39 is 0 Å². The minimum absolute atomic E-state index is 0.587. The third-order valence-corrected chi connectivity index (χ3v) is 3.14. The molecular formula is C16H23N. The van der Waals surface area contributed by atoms with Crippen molar-refractivity contribution in [3.63, 3.8) is 0 Å². The molecule has 0 radical (unpaired) electrons. The van der Waals surface area contributed by atoms with Crippen molar-refractivity contribution in [1.29, 1.82) is 0 Å². The maximum absolute atomic E-state index is 4.16. The van der Waals surface area contributed by atoms with E-state index in [1.165, 1.54) is 22.3 Å². The van der Waals surface area contributed by atoms with E-state index in [4.69, 9.17) is 0 Å². The minimum Gasteiger partial charge on any atom is -0.296 e. The molecule has 1 rings (SSSR count). The Morgan fingerprint density at radius 3 is 2.24 bits per heavy atom. The van der Waals surface area contributed by atoms with Gasteiger partial charge >= 0.3 is 0 Å². The first-order chi connectivity index (χ1) is 8.10. The van der Waals surface area contributed by atoms with Crippen LogP contribution in [0.2, 0.25) is 0 Å². The van der Waals surface area contributed by atoms with Gasteiger partial charge in [-0.1, -0.05) is 50.6 Å². The third kappa shape index (κ3) is 3.55. The summed E-state index contributed by atoms with van der Waals surface area (Å²) in [6.07, 6.45) is 3.02. The molecule has 0 aliphatic heterocycles. The lowest BCUT2D eigenvalue weighted by Gasteiger charge is -2.09. The zero-order valence-electron chi connectivity index (χ0n) is 11.6. The molecule has 0 heterocycles. The summed E-state index contributed by atoms with van der Waals surface area (Å²) in [4.78, 5) is 4.16. The molecule has 0 aromatic heterocycles. The second-order valence-corrected chi connectivity index (χ2v) is 4.71. The van der Waals surface area contributed by atoms with Gasteiger partial charge in [-0.15, -0.1) is 0 Å². The van der Waals surface area contributed by atoms with Crippen molar-refractivity contribution < 1.29 is 0 Å². The molecule has 0 aliphatic rings. The monoisotopic (exact) mass is 229 g/mol. The van der Waals surface area contributed by atoms with E-state index in [0.29, 0.717) is 5.92 Å². The average Bonchev–Trinajstić information content (AvgIpc) is 2.35. The number of hydrogen-bond donors (Lipinski definition) is 0. The van der Waals surface area contributed by atoms with Crippen LogP contribution in [0.3, 0.4) is 0 Å². The lowest BCUT2D eigenvalue weighted by atomic mass is 9.96. The fourth-order valence-electron chi connectivity index (χ4n) is 1.80. The molecule has 0 fully saturated rings. The smallest absolute Gasteiger partial charge is 0.0286 e. The molecule has 0 saturated heterocycles. The fourth-order valence-corrected chi connectivity index (χ4v) is 1.80. The van der Waals surface area contributed by atoms with Gasteiger partial charge in [-0.25, -0.2) is 0 Å². The second kappa shape index (κ2) is 6.39. The van der Waals surface area contributed by atoms with Crippen molar-refractivity contribution in [1.82, 2.24) is 0 Å². The minimum atomic E-state index is 0.587. The first-order valence-corrected chi connectivity index (χ1v) is 6.32. The van der Waals surface area contributed by atoms with E-state index in [-0.39, 0.29) is 0 Å². The van der Waals surface area contributed by atoms with Gasteiger partial charge in [0, 0.05) is 13.3 Å². The molecular weight excluding hydrogens is 206 g/mol. The molecule has 1 heteroatoms. The number of allylic oxidation sites excluding steroid dienone is 2. The van der Waals surface area contributed by atoms with Gasteiger partial charge in [0.2, 0.25) is 0 Å². The Balaban J connectivity index is 3.13. The van der Waals surface area contributed by atoms with Gasteiger partial charge in [-0.3, -0.25) is 4.99 Å². The highest BCUT2D eigenvalue weighted by atomic mass is 14.6. The summed E-state index contributed by atoms with van der Waals surface area (Å²) < 4.78 is 0. The molecule has 92 valence electrons. The Morgan fingerprint density at radius 1 is 1.24 bits per heavy atom. The molecule has 0 saturated carbocycles. The molecule has 0 atom stereocenters. The third-order valence-electron chi connectivity index (χ3n) is 3.14. The number of rotatable bonds is 4. The first-order valence-electron chi connectivity index (χ1n) is 6.32. The second-order valence-electron chi connectivity index (χ2n) is 4.71. The zero-order valence-corrected chi connectivity index (χ0v) is 11.6. The average molecular weight is 229 g/mol. The van der Waals surface area contributed by atoms with Crippen molar-refractivity contribution in [3.8, 4) is 0 Å². The summed E-state index contributed by atoms with van der Waals surface area (Å²) in [5.41, 5.74) is 5.29. The van der Waals surface area contributed by atoms with Crippen molar-refractivity contribution in [3.05, 3.63) is 41.0 Å². The van der Waals surface area contributed by atoms with Gasteiger partial charge < -0.3 is 0 Å². The maximum Gasteiger partial charge on any atom is 0.0286 e. The summed E-state index contributed by atoms with van der Waals surface area (Å²) in [6, 6.07) is 8.83. The Bertz CT molecular complexity index is 408. The highest BCUT2D eigenvalue weighted by Crippen LogP contribution is 2.22. The highest BCUT2D eigenvalue weighted by Gasteiger charge is 2.04. The number of hydrogen-bond acceptors (Lipinski definition) is 1. The normalized spacial score (nSPS) is 13.3. The molecule has 0 bridgehead atoms. The van der Waals surface area contributed by atoms with Crippen molar-refractivity contribution >= 4 is 11.8 Å². The molecule has 1 aromatic rings. The number of aliphatic imine (C=N–C) groups is 1. The highest BCUT2D eigenvalue weighted by molar-refractivity contribution is 6.10. The van der Waals surface area contributed by atoms with E-state index in [1.807, 2.05) is 13.3 Å². The zero-order chi connectivity index (χ0) is 12.8. The van der Waals surface area contributed by atoms with Crippen LogP contribution in [0, 0.1) is 0 Å². The molecule has 0 aliphatic carbocycles. The molecule has 0 N–H and O–H groups in total. The van der Waals surface area contributed by atoms with Crippen LogP contribution in [-0.2, 0) is 0 Å². The standard InChI is InChI=1S/C16H23N/c1-6-13(4)16(11-17-5)15-9-7-14(8-10-15)12(2)3/h7-12H,6H2,1-5H3/b16-13-,17-11-. The van der Waals surface area contributed by atoms with Gasteiger partial charge in [0.15, 0.2) is 0 Å². The first kappa shape index (κ1) is 13.7. The number of nitrogens with zero attached hydrogens (tertiary/aromatic N) is 1. The molecule has 1 aromatic carbocycles. The number of benzene rings is 1. The van der Waals surface area contributed by atoms with Gasteiger partial charge in [0.1, 0.15) is 0 Å². The van der Waals surface area contributed by atoms with Crippen LogP contribution in [0.5, 0.6) is 0 Å². The molecule has 0 unspecified atom stereocenters. The SMILES string of the molecule is CC/C(C)=C(/C=N\C)c1ccc(C(C)C)cc1. The lowest BCUT2D eigenvalue weighted by molar-refractivity contribution is 0.866. The lowest BCUT2D eigenvalue weighted by Crippen LogP contribution is -1.93. The van der Waals surface area contributed by atoms with Crippen molar-refractivity contribution in [2.75, 3.05) is 7.05 Å². The van der Waals surface area contributed by atoms with Crippen LogP contribution in [0.4, 0.5) is 0 Å². The van der Waals surface area contributed by atoms with Crippen LogP contribution >= 0.6 is 0 Å². The van der Waals surface area contributed by atoms with E-state index >= 15 is 0 Å². The molecule has 17 heavy (non-hydrogen) atoms. The molecule has 1 nitrogen and oxygen atoms in total. The van der Waals surface area contributed by atoms with Gasteiger partial charge in [-0.2, -0.15) is 0 Å². The predicted molar refractivity (Wildman–Crippen MR) is 77.8 cm³/mol. The van der Waals surface area contributed by atoms with Crippen LogP contribution in [0.15, 0.2) is 34.8 Å². The van der Waals surface area contributed by atoms with Crippen LogP contribution in [0.25, 0.3) is 5.57 Å². The van der Waals surface area contributed by atoms with Crippen LogP contribution in [-0.4, -0.2) is 13.3 Å². The van der Waals surface area contributed by atoms with Gasteiger partial charge in [0.25, 0.3) is 0 Å². The Kier molecular flexibility index (Phi) is 5.14. The van der Waals surface area contributed by atoms with E-state index in [2.05, 4.69) is 57.0 Å². The van der Waals surface area contributed by atoms with E-state index in [0.717, 1.165) is 6.42 Å². The van der Waals surface area contributed by atoms with Crippen molar-refractivity contribution in [2.24, 2.45) is 4.99 Å². The quantitative estimate of drug-likeness (QED) is 0.664. The van der Waals surface area contributed by atoms with Gasteiger partial charge in [-0.05, 0) is 36.0 Å². The summed E-state index contributed by atoms with van der Waals surface area (Å²) in [6.45, 7) is 8.79. The fraction of sp³-hybridized carbons (Fsp3) is 0.438. The largest absolute Gasteiger partial charge is 0.296 e. The topological polar surface area (TPSA) is 12.4 Å². The van der Waals surface area contributed by atoms with Gasteiger partial charge in [0.05, 0.1) is 0 Å². The maximum atomic E-state index is 4.16. The summed E-state index contributed by atoms with van der Waals surface area (Å²) in [5.74, 6) is 0.587. The predicted octanol–water partition coefficient (Wildman–Crippen LogP) is 4.69. The molecule has 0 spiro atoms. The van der Waals surface area contributed by atoms with Crippen molar-refractivity contribution in [2.45, 2.75) is 40.0 Å². The van der Waals surface area contributed by atoms with Crippen LogP contribution < -0.4 is 0 Å².